The molecule has 1 aromatic carbocycles. The SMILES string of the molecule is CC1CCCCN1CCCNc1nc2ccc(Cl)cc2s1. The van der Waals surface area contributed by atoms with Crippen molar-refractivity contribution in [2.75, 3.05) is 25.0 Å². The Balaban J connectivity index is 1.48. The summed E-state index contributed by atoms with van der Waals surface area (Å²) in [4.78, 5) is 7.20. The van der Waals surface area contributed by atoms with Gasteiger partial charge >= 0.3 is 0 Å². The molecule has 0 spiro atoms. The quantitative estimate of drug-likeness (QED) is 0.813. The number of anilines is 1. The summed E-state index contributed by atoms with van der Waals surface area (Å²) >= 11 is 7.69. The van der Waals surface area contributed by atoms with Crippen molar-refractivity contribution in [3.8, 4) is 0 Å². The highest BCUT2D eigenvalue weighted by Crippen LogP contribution is 2.28. The monoisotopic (exact) mass is 323 g/mol. The van der Waals surface area contributed by atoms with Crippen LogP contribution >= 0.6 is 22.9 Å². The summed E-state index contributed by atoms with van der Waals surface area (Å²) < 4.78 is 1.15. The van der Waals surface area contributed by atoms with Crippen LogP contribution in [0.4, 0.5) is 5.13 Å². The highest BCUT2D eigenvalue weighted by Gasteiger charge is 2.17. The summed E-state index contributed by atoms with van der Waals surface area (Å²) in [6, 6.07) is 6.61. The van der Waals surface area contributed by atoms with Gasteiger partial charge in [0.15, 0.2) is 5.13 Å². The Hall–Kier alpha value is -0.840. The zero-order valence-corrected chi connectivity index (χ0v) is 14.0. The second kappa shape index (κ2) is 6.95. The van der Waals surface area contributed by atoms with Crippen molar-refractivity contribution < 1.29 is 0 Å². The molecule has 1 atom stereocenters. The summed E-state index contributed by atoms with van der Waals surface area (Å²) in [5.41, 5.74) is 1.02. The Morgan fingerprint density at radius 2 is 2.33 bits per heavy atom. The molecule has 0 aliphatic carbocycles. The van der Waals surface area contributed by atoms with Crippen LogP contribution in [0.1, 0.15) is 32.6 Å². The minimum absolute atomic E-state index is 0.753. The van der Waals surface area contributed by atoms with Crippen LogP contribution in [0.25, 0.3) is 10.2 Å². The van der Waals surface area contributed by atoms with Crippen LogP contribution in [0.5, 0.6) is 0 Å². The average molecular weight is 324 g/mol. The molecule has 1 aromatic heterocycles. The predicted octanol–water partition coefficient (Wildman–Crippen LogP) is 4.63. The zero-order valence-electron chi connectivity index (χ0n) is 12.4. The third kappa shape index (κ3) is 3.87. The number of aromatic nitrogens is 1. The maximum absolute atomic E-state index is 6.01. The molecule has 21 heavy (non-hydrogen) atoms. The minimum Gasteiger partial charge on any atom is -0.361 e. The van der Waals surface area contributed by atoms with Gasteiger partial charge in [0.2, 0.25) is 0 Å². The molecule has 2 heterocycles. The number of nitrogens with zero attached hydrogens (tertiary/aromatic N) is 2. The van der Waals surface area contributed by atoms with Crippen LogP contribution in [0.3, 0.4) is 0 Å². The molecule has 0 amide bonds. The highest BCUT2D eigenvalue weighted by atomic mass is 35.5. The Morgan fingerprint density at radius 3 is 3.19 bits per heavy atom. The van der Waals surface area contributed by atoms with E-state index in [0.29, 0.717) is 0 Å². The van der Waals surface area contributed by atoms with Gasteiger partial charge in [0.1, 0.15) is 0 Å². The Kier molecular flexibility index (Phi) is 4.99. The maximum Gasteiger partial charge on any atom is 0.183 e. The smallest absolute Gasteiger partial charge is 0.183 e. The normalized spacial score (nSPS) is 20.0. The Morgan fingerprint density at radius 1 is 1.43 bits per heavy atom. The van der Waals surface area contributed by atoms with Gasteiger partial charge in [-0.15, -0.1) is 0 Å². The number of benzene rings is 1. The fraction of sp³-hybridized carbons (Fsp3) is 0.562. The molecule has 114 valence electrons. The number of rotatable bonds is 5. The summed E-state index contributed by atoms with van der Waals surface area (Å²) in [7, 11) is 0. The topological polar surface area (TPSA) is 28.2 Å². The molecule has 1 aliphatic heterocycles. The summed E-state index contributed by atoms with van der Waals surface area (Å²) in [6.07, 6.45) is 5.27. The Labute approximate surface area is 135 Å². The molecule has 2 aromatic rings. The van der Waals surface area contributed by atoms with E-state index in [-0.39, 0.29) is 0 Å². The van der Waals surface area contributed by atoms with E-state index in [0.717, 1.165) is 33.0 Å². The van der Waals surface area contributed by atoms with E-state index >= 15 is 0 Å². The van der Waals surface area contributed by atoms with Gasteiger partial charge in [-0.3, -0.25) is 0 Å². The second-order valence-corrected chi connectivity index (χ2v) is 7.26. The van der Waals surface area contributed by atoms with E-state index in [1.54, 1.807) is 11.3 Å². The number of hydrogen-bond donors (Lipinski definition) is 1. The first-order chi connectivity index (χ1) is 10.2. The van der Waals surface area contributed by atoms with Crippen molar-refractivity contribution in [1.29, 1.82) is 0 Å². The predicted molar refractivity (Wildman–Crippen MR) is 92.6 cm³/mol. The van der Waals surface area contributed by atoms with Crippen LogP contribution in [0, 0.1) is 0 Å². The van der Waals surface area contributed by atoms with Crippen molar-refractivity contribution in [2.24, 2.45) is 0 Å². The van der Waals surface area contributed by atoms with Crippen molar-refractivity contribution in [1.82, 2.24) is 9.88 Å². The van der Waals surface area contributed by atoms with Crippen molar-refractivity contribution in [2.45, 2.75) is 38.6 Å². The third-order valence-electron chi connectivity index (χ3n) is 4.19. The number of thiazole rings is 1. The first-order valence-corrected chi connectivity index (χ1v) is 8.96. The third-order valence-corrected chi connectivity index (χ3v) is 5.40. The van der Waals surface area contributed by atoms with E-state index in [2.05, 4.69) is 22.1 Å². The summed E-state index contributed by atoms with van der Waals surface area (Å²) in [5.74, 6) is 0. The second-order valence-electron chi connectivity index (χ2n) is 5.79. The van der Waals surface area contributed by atoms with Crippen molar-refractivity contribution in [3.63, 3.8) is 0 Å². The average Bonchev–Trinajstić information content (AvgIpc) is 2.87. The van der Waals surface area contributed by atoms with Gasteiger partial charge < -0.3 is 10.2 Å². The van der Waals surface area contributed by atoms with Crippen LogP contribution in [0.15, 0.2) is 18.2 Å². The van der Waals surface area contributed by atoms with E-state index in [1.165, 1.54) is 38.8 Å². The van der Waals surface area contributed by atoms with Crippen LogP contribution in [0.2, 0.25) is 5.02 Å². The van der Waals surface area contributed by atoms with Crippen LogP contribution in [-0.4, -0.2) is 35.6 Å². The fourth-order valence-corrected chi connectivity index (χ4v) is 4.11. The molecule has 1 fully saturated rings. The summed E-state index contributed by atoms with van der Waals surface area (Å²) in [6.45, 7) is 5.78. The molecule has 0 radical (unpaired) electrons. The largest absolute Gasteiger partial charge is 0.361 e. The minimum atomic E-state index is 0.753. The van der Waals surface area contributed by atoms with Gasteiger partial charge in [-0.2, -0.15) is 0 Å². The number of piperidine rings is 1. The van der Waals surface area contributed by atoms with Crippen molar-refractivity contribution >= 4 is 38.3 Å². The number of halogens is 1. The fourth-order valence-electron chi connectivity index (χ4n) is 2.94. The van der Waals surface area contributed by atoms with E-state index in [1.807, 2.05) is 18.2 Å². The molecule has 1 saturated heterocycles. The van der Waals surface area contributed by atoms with Crippen LogP contribution in [-0.2, 0) is 0 Å². The molecule has 1 unspecified atom stereocenters. The molecule has 0 saturated carbocycles. The lowest BCUT2D eigenvalue weighted by atomic mass is 10.0. The molecule has 3 nitrogen and oxygen atoms in total. The first kappa shape index (κ1) is 15.1. The lowest BCUT2D eigenvalue weighted by Crippen LogP contribution is -2.38. The van der Waals surface area contributed by atoms with E-state index in [9.17, 15) is 0 Å². The lowest BCUT2D eigenvalue weighted by Gasteiger charge is -2.33. The Bertz CT molecular complexity index is 598. The standard InChI is InChI=1S/C16H22ClN3S/c1-12-5-2-3-9-20(12)10-4-8-18-16-19-14-7-6-13(17)11-15(14)21-16/h6-7,11-12H,2-5,8-10H2,1H3,(H,18,19). The van der Waals surface area contributed by atoms with Gasteiger partial charge in [-0.1, -0.05) is 29.4 Å². The number of nitrogens with one attached hydrogen (secondary N) is 1. The van der Waals surface area contributed by atoms with Gasteiger partial charge in [0, 0.05) is 24.2 Å². The molecule has 5 heteroatoms. The van der Waals surface area contributed by atoms with Crippen LogP contribution < -0.4 is 5.32 Å². The van der Waals surface area contributed by atoms with E-state index < -0.39 is 0 Å². The van der Waals surface area contributed by atoms with Gasteiger partial charge in [-0.25, -0.2) is 4.98 Å². The number of hydrogen-bond acceptors (Lipinski definition) is 4. The molecule has 0 bridgehead atoms. The molecule has 1 aliphatic rings. The zero-order chi connectivity index (χ0) is 14.7. The summed E-state index contributed by atoms with van der Waals surface area (Å²) in [5, 5.41) is 5.22. The lowest BCUT2D eigenvalue weighted by molar-refractivity contribution is 0.160. The van der Waals surface area contributed by atoms with Crippen molar-refractivity contribution in [3.05, 3.63) is 23.2 Å². The molecular formula is C16H22ClN3S. The van der Waals surface area contributed by atoms with E-state index in [4.69, 9.17) is 11.6 Å². The highest BCUT2D eigenvalue weighted by molar-refractivity contribution is 7.22. The molecular weight excluding hydrogens is 302 g/mol. The number of fused-ring (bicyclic) bond motifs is 1. The van der Waals surface area contributed by atoms with Gasteiger partial charge in [-0.05, 0) is 50.9 Å². The number of likely N-dealkylation sites (tertiary alicyclic amines) is 1. The molecule has 1 N–H and O–H groups in total. The molecule has 3 rings (SSSR count). The maximum atomic E-state index is 6.01. The van der Waals surface area contributed by atoms with Gasteiger partial charge in [0.05, 0.1) is 10.2 Å². The van der Waals surface area contributed by atoms with Gasteiger partial charge in [0.25, 0.3) is 0 Å². The first-order valence-electron chi connectivity index (χ1n) is 7.76.